The zero-order valence-electron chi connectivity index (χ0n) is 14.5. The van der Waals surface area contributed by atoms with E-state index in [9.17, 15) is 14.9 Å². The van der Waals surface area contributed by atoms with E-state index in [2.05, 4.69) is 16.7 Å². The molecule has 1 aliphatic rings. The highest BCUT2D eigenvalue weighted by atomic mass is 35.5. The van der Waals surface area contributed by atoms with Crippen LogP contribution in [0.5, 0.6) is 0 Å². The summed E-state index contributed by atoms with van der Waals surface area (Å²) in [5.41, 5.74) is 1.74. The van der Waals surface area contributed by atoms with E-state index < -0.39 is 5.92 Å². The molecule has 1 unspecified atom stereocenters. The third kappa shape index (κ3) is 4.87. The number of nitriles is 1. The normalized spacial score (nSPS) is 16.3. The molecule has 28 heavy (non-hydrogen) atoms. The Balaban J connectivity index is 1.76. The summed E-state index contributed by atoms with van der Waals surface area (Å²) in [7, 11) is 0. The van der Waals surface area contributed by atoms with Gasteiger partial charge in [0.15, 0.2) is 0 Å². The molecule has 0 saturated carbocycles. The minimum Gasteiger partial charge on any atom is -0.325 e. The average Bonchev–Trinajstić information content (AvgIpc) is 2.68. The van der Waals surface area contributed by atoms with Crippen molar-refractivity contribution in [2.45, 2.75) is 12.3 Å². The van der Waals surface area contributed by atoms with Crippen LogP contribution in [-0.2, 0) is 9.59 Å². The van der Waals surface area contributed by atoms with Crippen LogP contribution >= 0.6 is 35.0 Å². The molecule has 1 atom stereocenters. The van der Waals surface area contributed by atoms with Crippen molar-refractivity contribution in [3.05, 3.63) is 74.7 Å². The fraction of sp³-hybridized carbons (Fsp3) is 0.150. The largest absolute Gasteiger partial charge is 0.325 e. The fourth-order valence-electron chi connectivity index (χ4n) is 2.82. The van der Waals surface area contributed by atoms with Crippen LogP contribution in [0, 0.1) is 11.3 Å². The Bertz CT molecular complexity index is 984. The standard InChI is InChI=1S/C20H15Cl2N3O2S/c21-12-5-7-13(8-6-12)24-19(27)11-28-20-16(10-23)15(9-18(26)25-20)14-3-1-2-4-17(14)22/h1-8,15H,9,11H2,(H,24,27)(H,25,26). The lowest BCUT2D eigenvalue weighted by Crippen LogP contribution is -2.31. The van der Waals surface area contributed by atoms with Crippen LogP contribution in [0.15, 0.2) is 59.1 Å². The van der Waals surface area contributed by atoms with Gasteiger partial charge in [-0.05, 0) is 35.9 Å². The molecule has 0 fully saturated rings. The maximum Gasteiger partial charge on any atom is 0.234 e. The quantitative estimate of drug-likeness (QED) is 0.718. The molecular weight excluding hydrogens is 417 g/mol. The molecule has 1 heterocycles. The Morgan fingerprint density at radius 2 is 1.93 bits per heavy atom. The first-order valence-electron chi connectivity index (χ1n) is 8.34. The van der Waals surface area contributed by atoms with Crippen LogP contribution in [0.2, 0.25) is 10.0 Å². The van der Waals surface area contributed by atoms with E-state index in [1.165, 1.54) is 0 Å². The minimum absolute atomic E-state index is 0.0403. The van der Waals surface area contributed by atoms with Gasteiger partial charge in [-0.25, -0.2) is 0 Å². The van der Waals surface area contributed by atoms with Crippen LogP contribution in [0.25, 0.3) is 0 Å². The Labute approximate surface area is 176 Å². The van der Waals surface area contributed by atoms with Gasteiger partial charge in [-0.1, -0.05) is 53.2 Å². The molecule has 3 rings (SSSR count). The number of nitrogens with zero attached hydrogens (tertiary/aromatic N) is 1. The molecule has 0 spiro atoms. The van der Waals surface area contributed by atoms with E-state index >= 15 is 0 Å². The van der Waals surface area contributed by atoms with Crippen LogP contribution < -0.4 is 10.6 Å². The predicted octanol–water partition coefficient (Wildman–Crippen LogP) is 4.70. The number of halogens is 2. The Morgan fingerprint density at radius 1 is 1.21 bits per heavy atom. The second-order valence-corrected chi connectivity index (χ2v) is 7.85. The van der Waals surface area contributed by atoms with Gasteiger partial charge in [0.25, 0.3) is 0 Å². The summed E-state index contributed by atoms with van der Waals surface area (Å²) in [4.78, 5) is 24.4. The monoisotopic (exact) mass is 431 g/mol. The van der Waals surface area contributed by atoms with E-state index in [0.717, 1.165) is 17.3 Å². The van der Waals surface area contributed by atoms with Crippen molar-refractivity contribution in [2.75, 3.05) is 11.1 Å². The van der Waals surface area contributed by atoms with Crippen molar-refractivity contribution < 1.29 is 9.59 Å². The summed E-state index contributed by atoms with van der Waals surface area (Å²) in [6.07, 6.45) is 0.133. The molecule has 0 saturated heterocycles. The summed E-state index contributed by atoms with van der Waals surface area (Å²) in [6.45, 7) is 0. The lowest BCUT2D eigenvalue weighted by Gasteiger charge is -2.25. The predicted molar refractivity (Wildman–Crippen MR) is 112 cm³/mol. The summed E-state index contributed by atoms with van der Waals surface area (Å²) < 4.78 is 0. The molecule has 0 bridgehead atoms. The van der Waals surface area contributed by atoms with Crippen LogP contribution in [0.3, 0.4) is 0 Å². The lowest BCUT2D eigenvalue weighted by atomic mass is 9.87. The van der Waals surface area contributed by atoms with Gasteiger partial charge in [0.05, 0.1) is 22.4 Å². The first-order valence-corrected chi connectivity index (χ1v) is 10.1. The topological polar surface area (TPSA) is 82.0 Å². The van der Waals surface area contributed by atoms with Crippen molar-refractivity contribution >= 4 is 52.5 Å². The Kier molecular flexibility index (Phi) is 6.63. The molecular formula is C20H15Cl2N3O2S. The van der Waals surface area contributed by atoms with Crippen molar-refractivity contribution in [3.63, 3.8) is 0 Å². The number of carbonyl (C=O) groups is 2. The number of nitrogens with one attached hydrogen (secondary N) is 2. The number of carbonyl (C=O) groups excluding carboxylic acids is 2. The number of amides is 2. The van der Waals surface area contributed by atoms with Gasteiger partial charge in [0, 0.05) is 28.1 Å². The molecule has 2 amide bonds. The highest BCUT2D eigenvalue weighted by Gasteiger charge is 2.31. The number of thioether (sulfide) groups is 1. The average molecular weight is 432 g/mol. The van der Waals surface area contributed by atoms with Crippen LogP contribution in [0.4, 0.5) is 5.69 Å². The molecule has 8 heteroatoms. The molecule has 0 aliphatic carbocycles. The summed E-state index contributed by atoms with van der Waals surface area (Å²) in [6, 6.07) is 16.1. The molecule has 1 aliphatic heterocycles. The maximum atomic E-state index is 12.2. The molecule has 142 valence electrons. The summed E-state index contributed by atoms with van der Waals surface area (Å²) >= 11 is 13.2. The van der Waals surface area contributed by atoms with E-state index in [1.807, 2.05) is 6.07 Å². The zero-order valence-corrected chi connectivity index (χ0v) is 16.9. The SMILES string of the molecule is N#CC1=C(SCC(=O)Nc2ccc(Cl)cc2)NC(=O)CC1c1ccccc1Cl. The second-order valence-electron chi connectivity index (χ2n) is 6.02. The fourth-order valence-corrected chi connectivity index (χ4v) is 4.09. The third-order valence-electron chi connectivity index (χ3n) is 4.11. The van der Waals surface area contributed by atoms with Gasteiger partial charge in [0.1, 0.15) is 0 Å². The second kappa shape index (κ2) is 9.16. The number of anilines is 1. The van der Waals surface area contributed by atoms with Crippen molar-refractivity contribution in [3.8, 4) is 6.07 Å². The van der Waals surface area contributed by atoms with Gasteiger partial charge in [-0.15, -0.1) is 0 Å². The first-order chi connectivity index (χ1) is 13.5. The van der Waals surface area contributed by atoms with E-state index in [-0.39, 0.29) is 24.0 Å². The smallest absolute Gasteiger partial charge is 0.234 e. The third-order valence-corrected chi connectivity index (χ3v) is 5.73. The molecule has 0 aromatic heterocycles. The van der Waals surface area contributed by atoms with Gasteiger partial charge in [0.2, 0.25) is 11.8 Å². The van der Waals surface area contributed by atoms with Crippen molar-refractivity contribution in [1.29, 1.82) is 5.26 Å². The lowest BCUT2D eigenvalue weighted by molar-refractivity contribution is -0.121. The number of rotatable bonds is 5. The summed E-state index contributed by atoms with van der Waals surface area (Å²) in [5, 5.41) is 16.6. The van der Waals surface area contributed by atoms with Gasteiger partial charge >= 0.3 is 0 Å². The highest BCUT2D eigenvalue weighted by molar-refractivity contribution is 8.03. The number of benzene rings is 2. The highest BCUT2D eigenvalue weighted by Crippen LogP contribution is 2.38. The van der Waals surface area contributed by atoms with Gasteiger partial charge < -0.3 is 10.6 Å². The zero-order chi connectivity index (χ0) is 20.1. The molecule has 2 aromatic carbocycles. The Hall–Kier alpha value is -2.46. The Morgan fingerprint density at radius 3 is 2.61 bits per heavy atom. The minimum atomic E-state index is -0.436. The molecule has 0 radical (unpaired) electrons. The van der Waals surface area contributed by atoms with E-state index in [0.29, 0.717) is 26.3 Å². The van der Waals surface area contributed by atoms with Crippen molar-refractivity contribution in [2.24, 2.45) is 0 Å². The van der Waals surface area contributed by atoms with E-state index in [1.54, 1.807) is 42.5 Å². The number of hydrogen-bond donors (Lipinski definition) is 2. The first kappa shape index (κ1) is 20.3. The molecule has 2 N–H and O–H groups in total. The number of allylic oxidation sites excluding steroid dienone is 1. The van der Waals surface area contributed by atoms with Gasteiger partial charge in [-0.3, -0.25) is 9.59 Å². The van der Waals surface area contributed by atoms with Crippen LogP contribution in [0.1, 0.15) is 17.9 Å². The van der Waals surface area contributed by atoms with E-state index in [4.69, 9.17) is 23.2 Å². The number of hydrogen-bond acceptors (Lipinski definition) is 4. The molecule has 2 aromatic rings. The molecule has 5 nitrogen and oxygen atoms in total. The van der Waals surface area contributed by atoms with Crippen LogP contribution in [-0.4, -0.2) is 17.6 Å². The van der Waals surface area contributed by atoms with Gasteiger partial charge in [-0.2, -0.15) is 5.26 Å². The van der Waals surface area contributed by atoms with Crippen molar-refractivity contribution in [1.82, 2.24) is 5.32 Å². The maximum absolute atomic E-state index is 12.2. The summed E-state index contributed by atoms with van der Waals surface area (Å²) in [5.74, 6) is -0.872.